The number of unbranched alkanes of at least 4 members (excludes halogenated alkanes) is 31. The van der Waals surface area contributed by atoms with Gasteiger partial charge in [-0.15, -0.1) is 0 Å². The number of rotatable bonds is 42. The third-order valence-electron chi connectivity index (χ3n) is 11.0. The summed E-state index contributed by atoms with van der Waals surface area (Å²) in [4.78, 5) is 12.5. The van der Waals surface area contributed by atoms with Crippen molar-refractivity contribution in [1.82, 2.24) is 5.32 Å². The molecule has 6 heteroatoms. The van der Waals surface area contributed by atoms with Crippen LogP contribution in [0.15, 0.2) is 12.2 Å². The van der Waals surface area contributed by atoms with E-state index >= 15 is 0 Å². The highest BCUT2D eigenvalue weighted by Crippen LogP contribution is 2.17. The molecule has 0 aromatic heterocycles. The predicted molar refractivity (Wildman–Crippen MR) is 224 cm³/mol. The second-order valence-corrected chi connectivity index (χ2v) is 16.1. The normalized spacial score (nSPS) is 14.2. The van der Waals surface area contributed by atoms with Gasteiger partial charge in [0.15, 0.2) is 0 Å². The van der Waals surface area contributed by atoms with Crippen LogP contribution in [-0.4, -0.2) is 57.3 Å². The third-order valence-corrected chi connectivity index (χ3v) is 11.0. The summed E-state index contributed by atoms with van der Waals surface area (Å²) in [6.45, 7) is 4.06. The largest absolute Gasteiger partial charge is 0.394 e. The van der Waals surface area contributed by atoms with Crippen LogP contribution < -0.4 is 5.32 Å². The van der Waals surface area contributed by atoms with Gasteiger partial charge in [-0.05, 0) is 38.5 Å². The lowest BCUT2D eigenvalue weighted by Crippen LogP contribution is -2.53. The van der Waals surface area contributed by atoms with Crippen LogP contribution in [0.4, 0.5) is 0 Å². The molecule has 4 atom stereocenters. The van der Waals surface area contributed by atoms with E-state index in [0.29, 0.717) is 12.8 Å². The first-order valence-corrected chi connectivity index (χ1v) is 23.1. The van der Waals surface area contributed by atoms with E-state index in [1.807, 2.05) is 0 Å². The highest BCUT2D eigenvalue weighted by molar-refractivity contribution is 5.80. The van der Waals surface area contributed by atoms with Crippen molar-refractivity contribution in [3.63, 3.8) is 0 Å². The Morgan fingerprint density at radius 1 is 0.462 bits per heavy atom. The Balaban J connectivity index is 3.72. The molecule has 5 N–H and O–H groups in total. The number of aliphatic hydroxyl groups excluding tert-OH is 4. The summed E-state index contributed by atoms with van der Waals surface area (Å²) in [5.74, 6) is -0.589. The van der Waals surface area contributed by atoms with Gasteiger partial charge in [0, 0.05) is 0 Å². The van der Waals surface area contributed by atoms with E-state index in [-0.39, 0.29) is 0 Å². The Kier molecular flexibility index (Phi) is 40.5. The van der Waals surface area contributed by atoms with Gasteiger partial charge in [0.05, 0.1) is 18.8 Å². The lowest BCUT2D eigenvalue weighted by molar-refractivity contribution is -0.132. The van der Waals surface area contributed by atoms with Crippen LogP contribution in [0, 0.1) is 0 Å². The highest BCUT2D eigenvalue weighted by Gasteiger charge is 2.28. The van der Waals surface area contributed by atoms with E-state index in [2.05, 4.69) is 31.3 Å². The maximum absolute atomic E-state index is 12.5. The summed E-state index contributed by atoms with van der Waals surface area (Å²) in [5.41, 5.74) is 0. The summed E-state index contributed by atoms with van der Waals surface area (Å²) in [5, 5.41) is 43.7. The average molecular weight is 738 g/mol. The zero-order valence-electron chi connectivity index (χ0n) is 34.8. The lowest BCUT2D eigenvalue weighted by Gasteiger charge is -2.27. The smallest absolute Gasteiger partial charge is 0.249 e. The number of aliphatic hydroxyl groups is 4. The maximum atomic E-state index is 12.5. The van der Waals surface area contributed by atoms with Gasteiger partial charge < -0.3 is 25.7 Å². The van der Waals surface area contributed by atoms with Crippen molar-refractivity contribution in [3.05, 3.63) is 12.2 Å². The minimum atomic E-state index is -1.28. The molecule has 0 aliphatic heterocycles. The molecule has 4 unspecified atom stereocenters. The summed E-state index contributed by atoms with van der Waals surface area (Å²) in [6.07, 6.45) is 45.3. The predicted octanol–water partition coefficient (Wildman–Crippen LogP) is 12.2. The molecule has 0 saturated heterocycles. The average Bonchev–Trinajstić information content (AvgIpc) is 3.15. The van der Waals surface area contributed by atoms with Crippen molar-refractivity contribution in [2.45, 2.75) is 269 Å². The Morgan fingerprint density at radius 3 is 1.15 bits per heavy atom. The fourth-order valence-electron chi connectivity index (χ4n) is 7.29. The molecule has 0 aromatic rings. The maximum Gasteiger partial charge on any atom is 0.249 e. The number of hydrogen-bond donors (Lipinski definition) is 5. The van der Waals surface area contributed by atoms with E-state index in [4.69, 9.17) is 0 Å². The standard InChI is InChI=1S/C46H91NO5/c1-3-5-7-9-11-13-15-17-19-21-22-24-26-28-30-32-34-36-38-40-44(50)46(52)47-42(41-48)45(51)43(49)39-37-35-33-31-29-27-25-23-20-18-16-14-12-10-8-6-4-2/h31,33,42-45,48-51H,3-30,32,34-41H2,1-2H3,(H,47,52)/b33-31+. The van der Waals surface area contributed by atoms with Crippen molar-refractivity contribution in [1.29, 1.82) is 0 Å². The van der Waals surface area contributed by atoms with Gasteiger partial charge in [-0.1, -0.05) is 219 Å². The molecular formula is C46H91NO5. The lowest BCUT2D eigenvalue weighted by atomic mass is 10.00. The van der Waals surface area contributed by atoms with Crippen LogP contribution in [0.2, 0.25) is 0 Å². The molecule has 0 rings (SSSR count). The Bertz CT molecular complexity index is 746. The zero-order chi connectivity index (χ0) is 38.2. The van der Waals surface area contributed by atoms with E-state index in [9.17, 15) is 25.2 Å². The molecule has 0 fully saturated rings. The quantitative estimate of drug-likeness (QED) is 0.0316. The number of allylic oxidation sites excluding steroid dienone is 2. The Hall–Kier alpha value is -0.950. The molecule has 0 aromatic carbocycles. The van der Waals surface area contributed by atoms with Gasteiger partial charge in [0.25, 0.3) is 0 Å². The molecule has 52 heavy (non-hydrogen) atoms. The van der Waals surface area contributed by atoms with Crippen molar-refractivity contribution in [2.24, 2.45) is 0 Å². The van der Waals surface area contributed by atoms with Gasteiger partial charge in [-0.3, -0.25) is 4.79 Å². The number of carbonyl (C=O) groups is 1. The first-order chi connectivity index (χ1) is 25.5. The summed E-state index contributed by atoms with van der Waals surface area (Å²) < 4.78 is 0. The summed E-state index contributed by atoms with van der Waals surface area (Å²) in [7, 11) is 0. The van der Waals surface area contributed by atoms with E-state index in [1.54, 1.807) is 0 Å². The second kappa shape index (κ2) is 41.2. The monoisotopic (exact) mass is 738 g/mol. The van der Waals surface area contributed by atoms with Crippen LogP contribution in [0.5, 0.6) is 0 Å². The van der Waals surface area contributed by atoms with Gasteiger partial charge in [-0.2, -0.15) is 0 Å². The Morgan fingerprint density at radius 2 is 0.788 bits per heavy atom. The van der Waals surface area contributed by atoms with Crippen LogP contribution in [0.3, 0.4) is 0 Å². The Labute approximate surface area is 323 Å². The van der Waals surface area contributed by atoms with E-state index in [0.717, 1.165) is 38.5 Å². The van der Waals surface area contributed by atoms with E-state index < -0.39 is 36.9 Å². The molecule has 0 bridgehead atoms. The third kappa shape index (κ3) is 34.8. The van der Waals surface area contributed by atoms with Crippen LogP contribution in [0.1, 0.15) is 245 Å². The molecule has 0 heterocycles. The first-order valence-electron chi connectivity index (χ1n) is 23.1. The molecular weight excluding hydrogens is 647 g/mol. The van der Waals surface area contributed by atoms with Gasteiger partial charge >= 0.3 is 0 Å². The van der Waals surface area contributed by atoms with Crippen molar-refractivity contribution in [2.75, 3.05) is 6.61 Å². The fraction of sp³-hybridized carbons (Fsp3) is 0.935. The van der Waals surface area contributed by atoms with E-state index in [1.165, 1.54) is 180 Å². The van der Waals surface area contributed by atoms with Crippen molar-refractivity contribution in [3.8, 4) is 0 Å². The number of hydrogen-bond acceptors (Lipinski definition) is 5. The minimum Gasteiger partial charge on any atom is -0.394 e. The number of carbonyl (C=O) groups excluding carboxylic acids is 1. The SMILES string of the molecule is CCCCCCCCCCCCCC/C=C/CCCC(O)C(O)C(CO)NC(=O)C(O)CCCCCCCCCCCCCCCCCCCCC. The topological polar surface area (TPSA) is 110 Å². The second-order valence-electron chi connectivity index (χ2n) is 16.1. The zero-order valence-corrected chi connectivity index (χ0v) is 34.8. The van der Waals surface area contributed by atoms with Crippen molar-refractivity contribution < 1.29 is 25.2 Å². The van der Waals surface area contributed by atoms with Gasteiger partial charge in [-0.25, -0.2) is 0 Å². The fourth-order valence-corrected chi connectivity index (χ4v) is 7.29. The molecule has 0 spiro atoms. The molecule has 0 saturated carbocycles. The number of nitrogens with one attached hydrogen (secondary N) is 1. The highest BCUT2D eigenvalue weighted by atomic mass is 16.3. The first kappa shape index (κ1) is 51.0. The van der Waals surface area contributed by atoms with Crippen LogP contribution in [0.25, 0.3) is 0 Å². The molecule has 310 valence electrons. The molecule has 0 aliphatic rings. The molecule has 0 radical (unpaired) electrons. The molecule has 1 amide bonds. The van der Waals surface area contributed by atoms with Gasteiger partial charge in [0.2, 0.25) is 5.91 Å². The minimum absolute atomic E-state index is 0.368. The van der Waals surface area contributed by atoms with Crippen LogP contribution in [-0.2, 0) is 4.79 Å². The van der Waals surface area contributed by atoms with Crippen LogP contribution >= 0.6 is 0 Å². The van der Waals surface area contributed by atoms with Gasteiger partial charge in [0.1, 0.15) is 12.2 Å². The van der Waals surface area contributed by atoms with Crippen molar-refractivity contribution >= 4 is 5.91 Å². The summed E-state index contributed by atoms with van der Waals surface area (Å²) in [6, 6.07) is -0.997. The molecule has 0 aliphatic carbocycles. The molecule has 6 nitrogen and oxygen atoms in total. The number of amides is 1. The summed E-state index contributed by atoms with van der Waals surface area (Å²) >= 11 is 0.